The fraction of sp³-hybridized carbons (Fsp3) is 0.312. The highest BCUT2D eigenvalue weighted by Crippen LogP contribution is 2.30. The number of furan rings is 1. The van der Waals surface area contributed by atoms with Crippen molar-refractivity contribution < 1.29 is 14.3 Å². The fourth-order valence-corrected chi connectivity index (χ4v) is 3.11. The summed E-state index contributed by atoms with van der Waals surface area (Å²) in [4.78, 5) is 4.58. The summed E-state index contributed by atoms with van der Waals surface area (Å²) in [6.45, 7) is 1.35. The number of rotatable bonds is 7. The number of hydrogen-bond acceptors (Lipinski definition) is 6. The van der Waals surface area contributed by atoms with Crippen molar-refractivity contribution in [3.63, 3.8) is 0 Å². The van der Waals surface area contributed by atoms with Gasteiger partial charge in [-0.2, -0.15) is 0 Å². The van der Waals surface area contributed by atoms with Crippen LogP contribution < -0.4 is 5.32 Å². The highest BCUT2D eigenvalue weighted by atomic mass is 32.1. The summed E-state index contributed by atoms with van der Waals surface area (Å²) in [6, 6.07) is 11.9. The second-order valence-electron chi connectivity index (χ2n) is 4.99. The number of aliphatic hydroxyl groups is 1. The summed E-state index contributed by atoms with van der Waals surface area (Å²) in [5, 5.41) is 13.6. The number of nitrogens with one attached hydrogen (secondary N) is 1. The van der Waals surface area contributed by atoms with Gasteiger partial charge in [0, 0.05) is 13.7 Å². The maximum Gasteiger partial charge on any atom is 0.163 e. The zero-order valence-corrected chi connectivity index (χ0v) is 13.1. The number of benzene rings is 1. The van der Waals surface area contributed by atoms with Gasteiger partial charge in [-0.3, -0.25) is 0 Å². The summed E-state index contributed by atoms with van der Waals surface area (Å²) >= 11 is 1.62. The van der Waals surface area contributed by atoms with Crippen LogP contribution in [0.1, 0.15) is 5.76 Å². The number of para-hydroxylation sites is 1. The van der Waals surface area contributed by atoms with Gasteiger partial charge in [-0.1, -0.05) is 12.1 Å². The lowest BCUT2D eigenvalue weighted by Gasteiger charge is -2.09. The van der Waals surface area contributed by atoms with E-state index in [-0.39, 0.29) is 0 Å². The highest BCUT2D eigenvalue weighted by Gasteiger charge is 2.10. The molecule has 2 N–H and O–H groups in total. The number of nitrogens with zero attached hydrogens (tertiary/aromatic N) is 1. The Balaban J connectivity index is 1.63. The number of ether oxygens (including phenoxy) is 1. The molecule has 3 aromatic rings. The summed E-state index contributed by atoms with van der Waals surface area (Å²) in [6.07, 6.45) is -0.510. The minimum Gasteiger partial charge on any atom is -0.457 e. The van der Waals surface area contributed by atoms with Gasteiger partial charge in [-0.15, -0.1) is 11.3 Å². The van der Waals surface area contributed by atoms with Crippen LogP contribution >= 0.6 is 11.3 Å². The molecule has 22 heavy (non-hydrogen) atoms. The smallest absolute Gasteiger partial charge is 0.163 e. The van der Waals surface area contributed by atoms with E-state index in [0.717, 1.165) is 26.7 Å². The number of aromatic nitrogens is 1. The van der Waals surface area contributed by atoms with Crippen molar-refractivity contribution in [1.29, 1.82) is 0 Å². The first-order valence-electron chi connectivity index (χ1n) is 7.08. The predicted molar refractivity (Wildman–Crippen MR) is 86.9 cm³/mol. The molecule has 0 aliphatic rings. The minimum atomic E-state index is -0.510. The monoisotopic (exact) mass is 318 g/mol. The van der Waals surface area contributed by atoms with Gasteiger partial charge < -0.3 is 19.6 Å². The zero-order chi connectivity index (χ0) is 15.4. The first-order chi connectivity index (χ1) is 10.8. The average molecular weight is 318 g/mol. The first kappa shape index (κ1) is 15.2. The number of methoxy groups -OCH3 is 1. The average Bonchev–Trinajstić information content (AvgIpc) is 3.13. The Labute approximate surface area is 132 Å². The summed E-state index contributed by atoms with van der Waals surface area (Å²) in [5.41, 5.74) is 0.987. The summed E-state index contributed by atoms with van der Waals surface area (Å²) in [7, 11) is 1.57. The topological polar surface area (TPSA) is 67.5 Å². The molecule has 116 valence electrons. The standard InChI is InChI=1S/C16H18N2O3S/c1-20-10-11(19)8-17-9-12-6-7-14(21-12)16-18-13-4-2-3-5-15(13)22-16/h2-7,11,17,19H,8-10H2,1H3. The van der Waals surface area contributed by atoms with E-state index >= 15 is 0 Å². The Morgan fingerprint density at radius 2 is 2.18 bits per heavy atom. The van der Waals surface area contributed by atoms with E-state index in [4.69, 9.17) is 9.15 Å². The van der Waals surface area contributed by atoms with Gasteiger partial charge in [0.2, 0.25) is 0 Å². The largest absolute Gasteiger partial charge is 0.457 e. The molecule has 0 spiro atoms. The molecular weight excluding hydrogens is 300 g/mol. The molecule has 0 saturated heterocycles. The molecule has 0 radical (unpaired) electrons. The second kappa shape index (κ2) is 7.02. The third-order valence-corrected chi connectivity index (χ3v) is 4.26. The van der Waals surface area contributed by atoms with Crippen molar-refractivity contribution in [3.8, 4) is 10.8 Å². The van der Waals surface area contributed by atoms with Crippen molar-refractivity contribution in [2.45, 2.75) is 12.6 Å². The van der Waals surface area contributed by atoms with E-state index in [2.05, 4.69) is 16.4 Å². The van der Waals surface area contributed by atoms with Crippen LogP contribution in [-0.2, 0) is 11.3 Å². The number of aliphatic hydroxyl groups excluding tert-OH is 1. The van der Waals surface area contributed by atoms with Gasteiger partial charge in [0.15, 0.2) is 10.8 Å². The minimum absolute atomic E-state index is 0.322. The third kappa shape index (κ3) is 3.53. The molecule has 1 atom stereocenters. The molecule has 1 unspecified atom stereocenters. The van der Waals surface area contributed by atoms with Gasteiger partial charge in [-0.25, -0.2) is 4.98 Å². The lowest BCUT2D eigenvalue weighted by molar-refractivity contribution is 0.0641. The lowest BCUT2D eigenvalue weighted by atomic mass is 10.3. The van der Waals surface area contributed by atoms with Crippen molar-refractivity contribution in [2.75, 3.05) is 20.3 Å². The first-order valence-corrected chi connectivity index (χ1v) is 7.90. The predicted octanol–water partition coefficient (Wildman–Crippen LogP) is 2.65. The molecule has 1 aromatic carbocycles. The molecule has 0 amide bonds. The van der Waals surface area contributed by atoms with Crippen LogP contribution in [0, 0.1) is 0 Å². The van der Waals surface area contributed by atoms with Gasteiger partial charge >= 0.3 is 0 Å². The van der Waals surface area contributed by atoms with E-state index in [1.807, 2.05) is 30.3 Å². The van der Waals surface area contributed by atoms with E-state index in [9.17, 15) is 5.11 Å². The second-order valence-corrected chi connectivity index (χ2v) is 6.02. The van der Waals surface area contributed by atoms with Crippen LogP contribution in [0.5, 0.6) is 0 Å². The molecule has 6 heteroatoms. The molecule has 2 heterocycles. The van der Waals surface area contributed by atoms with Crippen molar-refractivity contribution in [1.82, 2.24) is 10.3 Å². The van der Waals surface area contributed by atoms with Crippen molar-refractivity contribution in [2.24, 2.45) is 0 Å². The van der Waals surface area contributed by atoms with Crippen LogP contribution in [0.25, 0.3) is 21.0 Å². The molecule has 0 saturated carbocycles. The molecule has 0 aliphatic carbocycles. The number of thiazole rings is 1. The molecule has 0 bridgehead atoms. The number of fused-ring (bicyclic) bond motifs is 1. The van der Waals surface area contributed by atoms with Crippen LogP contribution in [0.3, 0.4) is 0 Å². The van der Waals surface area contributed by atoms with Gasteiger partial charge in [0.05, 0.1) is 29.5 Å². The normalized spacial score (nSPS) is 12.8. The molecule has 0 fully saturated rings. The maximum atomic E-state index is 9.56. The molecule has 2 aromatic heterocycles. The molecular formula is C16H18N2O3S. The Morgan fingerprint density at radius 3 is 3.00 bits per heavy atom. The van der Waals surface area contributed by atoms with Crippen LogP contribution in [0.15, 0.2) is 40.8 Å². The van der Waals surface area contributed by atoms with E-state index in [1.165, 1.54) is 0 Å². The van der Waals surface area contributed by atoms with Gasteiger partial charge in [-0.05, 0) is 24.3 Å². The van der Waals surface area contributed by atoms with E-state index in [1.54, 1.807) is 18.4 Å². The Hall–Kier alpha value is -1.73. The zero-order valence-electron chi connectivity index (χ0n) is 12.3. The lowest BCUT2D eigenvalue weighted by Crippen LogP contribution is -2.29. The summed E-state index contributed by atoms with van der Waals surface area (Å²) < 4.78 is 11.8. The Morgan fingerprint density at radius 1 is 1.32 bits per heavy atom. The van der Waals surface area contributed by atoms with Crippen LogP contribution in [-0.4, -0.2) is 36.5 Å². The molecule has 3 rings (SSSR count). The highest BCUT2D eigenvalue weighted by molar-refractivity contribution is 7.21. The third-order valence-electron chi connectivity index (χ3n) is 3.20. The van der Waals surface area contributed by atoms with Crippen molar-refractivity contribution >= 4 is 21.6 Å². The molecule has 0 aliphatic heterocycles. The Kier molecular flexibility index (Phi) is 4.84. The van der Waals surface area contributed by atoms with Gasteiger partial charge in [0.25, 0.3) is 0 Å². The summed E-state index contributed by atoms with van der Waals surface area (Å²) in [5.74, 6) is 1.59. The van der Waals surface area contributed by atoms with Crippen LogP contribution in [0.4, 0.5) is 0 Å². The number of hydrogen-bond donors (Lipinski definition) is 2. The van der Waals surface area contributed by atoms with Crippen LogP contribution in [0.2, 0.25) is 0 Å². The van der Waals surface area contributed by atoms with Crippen molar-refractivity contribution in [3.05, 3.63) is 42.2 Å². The SMILES string of the molecule is COCC(O)CNCc1ccc(-c2nc3ccccc3s2)o1. The molecule has 5 nitrogen and oxygen atoms in total. The van der Waals surface area contributed by atoms with E-state index < -0.39 is 6.10 Å². The quantitative estimate of drug-likeness (QED) is 0.701. The Bertz CT molecular complexity index is 705. The van der Waals surface area contributed by atoms with Gasteiger partial charge in [0.1, 0.15) is 5.76 Å². The maximum absolute atomic E-state index is 9.56. The van der Waals surface area contributed by atoms with E-state index in [0.29, 0.717) is 19.7 Å². The fourth-order valence-electron chi connectivity index (χ4n) is 2.18.